The fourth-order valence-corrected chi connectivity index (χ4v) is 2.10. The number of carbonyl (C=O) groups excluding carboxylic acids is 1. The third kappa shape index (κ3) is 3.44. The number of hydrogen-bond donors (Lipinski definition) is 2. The third-order valence-corrected chi connectivity index (χ3v) is 3.73. The minimum absolute atomic E-state index is 0.131. The molecule has 3 N–H and O–H groups in total. The number of amides is 1. The third-order valence-electron chi connectivity index (χ3n) is 2.99. The van der Waals surface area contributed by atoms with E-state index in [-0.39, 0.29) is 11.8 Å². The molecule has 5 heteroatoms. The fraction of sp³-hybridized carbons (Fsp3) is 0.133. The van der Waals surface area contributed by atoms with Crippen molar-refractivity contribution in [2.24, 2.45) is 0 Å². The Morgan fingerprint density at radius 2 is 1.90 bits per heavy atom. The fourth-order valence-electron chi connectivity index (χ4n) is 1.80. The summed E-state index contributed by atoms with van der Waals surface area (Å²) in [5, 5.41) is 3.66. The summed E-state index contributed by atoms with van der Waals surface area (Å²) in [6.07, 6.45) is 0. The molecule has 0 spiro atoms. The molecule has 3 nitrogen and oxygen atoms in total. The van der Waals surface area contributed by atoms with E-state index in [2.05, 4.69) is 5.32 Å². The predicted octanol–water partition coefficient (Wildman–Crippen LogP) is 4.32. The van der Waals surface area contributed by atoms with Gasteiger partial charge in [-0.3, -0.25) is 4.79 Å². The van der Waals surface area contributed by atoms with Crippen LogP contribution in [0.1, 0.15) is 18.4 Å². The highest BCUT2D eigenvalue weighted by atomic mass is 35.5. The van der Waals surface area contributed by atoms with Crippen molar-refractivity contribution in [1.29, 1.82) is 0 Å². The van der Waals surface area contributed by atoms with E-state index in [0.717, 1.165) is 5.56 Å². The van der Waals surface area contributed by atoms with Crippen molar-refractivity contribution >= 4 is 40.5 Å². The van der Waals surface area contributed by atoms with Crippen LogP contribution < -0.4 is 11.1 Å². The lowest BCUT2D eigenvalue weighted by Crippen LogP contribution is -2.18. The normalized spacial score (nSPS) is 11.9. The van der Waals surface area contributed by atoms with Crippen LogP contribution in [0.4, 0.5) is 11.4 Å². The molecule has 1 atom stereocenters. The van der Waals surface area contributed by atoms with Gasteiger partial charge in [-0.15, -0.1) is 0 Å². The summed E-state index contributed by atoms with van der Waals surface area (Å²) < 4.78 is 0. The molecule has 2 rings (SSSR count). The Kier molecular flexibility index (Phi) is 4.53. The Morgan fingerprint density at radius 1 is 1.15 bits per heavy atom. The van der Waals surface area contributed by atoms with Gasteiger partial charge < -0.3 is 11.1 Å². The van der Waals surface area contributed by atoms with E-state index in [0.29, 0.717) is 21.4 Å². The molecule has 20 heavy (non-hydrogen) atoms. The SMILES string of the molecule is CC(C(=O)Nc1ccc(Cl)c(Cl)c1)c1cccc(N)c1. The second kappa shape index (κ2) is 6.16. The molecule has 104 valence electrons. The number of anilines is 2. The Hall–Kier alpha value is -1.71. The van der Waals surface area contributed by atoms with E-state index in [1.165, 1.54) is 0 Å². The summed E-state index contributed by atoms with van der Waals surface area (Å²) >= 11 is 11.7. The zero-order valence-corrected chi connectivity index (χ0v) is 12.4. The number of benzene rings is 2. The van der Waals surface area contributed by atoms with Crippen LogP contribution >= 0.6 is 23.2 Å². The molecule has 0 saturated heterocycles. The lowest BCUT2D eigenvalue weighted by Gasteiger charge is -2.13. The van der Waals surface area contributed by atoms with E-state index in [4.69, 9.17) is 28.9 Å². The zero-order valence-electron chi connectivity index (χ0n) is 10.9. The van der Waals surface area contributed by atoms with Crippen LogP contribution in [-0.2, 0) is 4.79 Å². The summed E-state index contributed by atoms with van der Waals surface area (Å²) in [7, 11) is 0. The highest BCUT2D eigenvalue weighted by Crippen LogP contribution is 2.26. The quantitative estimate of drug-likeness (QED) is 0.830. The van der Waals surface area contributed by atoms with Crippen molar-refractivity contribution in [2.45, 2.75) is 12.8 Å². The Morgan fingerprint density at radius 3 is 2.55 bits per heavy atom. The summed E-state index contributed by atoms with van der Waals surface area (Å²) in [6.45, 7) is 1.82. The van der Waals surface area contributed by atoms with Gasteiger partial charge in [0.1, 0.15) is 0 Å². The first-order valence-electron chi connectivity index (χ1n) is 6.08. The number of hydrogen-bond acceptors (Lipinski definition) is 2. The average molecular weight is 309 g/mol. The lowest BCUT2D eigenvalue weighted by molar-refractivity contribution is -0.117. The van der Waals surface area contributed by atoms with Crippen LogP contribution in [-0.4, -0.2) is 5.91 Å². The van der Waals surface area contributed by atoms with Crippen molar-refractivity contribution in [3.05, 3.63) is 58.1 Å². The first kappa shape index (κ1) is 14.7. The molecule has 1 amide bonds. The van der Waals surface area contributed by atoms with Gasteiger partial charge in [-0.2, -0.15) is 0 Å². The first-order chi connectivity index (χ1) is 9.47. The van der Waals surface area contributed by atoms with Gasteiger partial charge in [0.2, 0.25) is 5.91 Å². The maximum atomic E-state index is 12.2. The van der Waals surface area contributed by atoms with Gasteiger partial charge in [0.25, 0.3) is 0 Å². The van der Waals surface area contributed by atoms with Crippen LogP contribution in [0.25, 0.3) is 0 Å². The number of carbonyl (C=O) groups is 1. The Balaban J connectivity index is 2.13. The predicted molar refractivity (Wildman–Crippen MR) is 84.4 cm³/mol. The van der Waals surface area contributed by atoms with Crippen LogP contribution in [0.15, 0.2) is 42.5 Å². The van der Waals surface area contributed by atoms with Crippen LogP contribution in [0, 0.1) is 0 Å². The first-order valence-corrected chi connectivity index (χ1v) is 6.84. The highest BCUT2D eigenvalue weighted by molar-refractivity contribution is 6.42. The number of nitrogens with one attached hydrogen (secondary N) is 1. The molecule has 1 unspecified atom stereocenters. The highest BCUT2D eigenvalue weighted by Gasteiger charge is 2.15. The summed E-state index contributed by atoms with van der Waals surface area (Å²) in [4.78, 5) is 12.2. The monoisotopic (exact) mass is 308 g/mol. The van der Waals surface area contributed by atoms with Gasteiger partial charge in [-0.05, 0) is 42.8 Å². The van der Waals surface area contributed by atoms with E-state index in [1.807, 2.05) is 19.1 Å². The molecular formula is C15H14Cl2N2O. The van der Waals surface area contributed by atoms with E-state index in [9.17, 15) is 4.79 Å². The number of rotatable bonds is 3. The second-order valence-electron chi connectivity index (χ2n) is 4.51. The standard InChI is InChI=1S/C15H14Cl2N2O/c1-9(10-3-2-4-11(18)7-10)15(20)19-12-5-6-13(16)14(17)8-12/h2-9H,18H2,1H3,(H,19,20). The molecule has 2 aromatic carbocycles. The molecule has 0 heterocycles. The van der Waals surface area contributed by atoms with Gasteiger partial charge >= 0.3 is 0 Å². The molecule has 0 aliphatic heterocycles. The molecule has 0 fully saturated rings. The summed E-state index contributed by atoms with van der Waals surface area (Å²) in [5.41, 5.74) is 7.83. The van der Waals surface area contributed by atoms with Gasteiger partial charge in [0, 0.05) is 11.4 Å². The van der Waals surface area contributed by atoms with Gasteiger partial charge in [-0.25, -0.2) is 0 Å². The molecule has 0 aromatic heterocycles. The van der Waals surface area contributed by atoms with E-state index >= 15 is 0 Å². The molecule has 0 aliphatic carbocycles. The summed E-state index contributed by atoms with van der Waals surface area (Å²) in [6, 6.07) is 12.2. The number of nitrogen functional groups attached to an aromatic ring is 1. The van der Waals surface area contributed by atoms with Crippen LogP contribution in [0.3, 0.4) is 0 Å². The maximum absolute atomic E-state index is 12.2. The smallest absolute Gasteiger partial charge is 0.231 e. The molecule has 2 aromatic rings. The van der Waals surface area contributed by atoms with Crippen molar-refractivity contribution < 1.29 is 4.79 Å². The number of nitrogens with two attached hydrogens (primary N) is 1. The molecule has 0 radical (unpaired) electrons. The minimum Gasteiger partial charge on any atom is -0.399 e. The Bertz CT molecular complexity index is 644. The van der Waals surface area contributed by atoms with Gasteiger partial charge in [-0.1, -0.05) is 35.3 Å². The molecule has 0 bridgehead atoms. The lowest BCUT2D eigenvalue weighted by atomic mass is 10.00. The summed E-state index contributed by atoms with van der Waals surface area (Å²) in [5.74, 6) is -0.443. The van der Waals surface area contributed by atoms with E-state index in [1.54, 1.807) is 30.3 Å². The molecular weight excluding hydrogens is 295 g/mol. The van der Waals surface area contributed by atoms with Gasteiger partial charge in [0.15, 0.2) is 0 Å². The van der Waals surface area contributed by atoms with E-state index < -0.39 is 0 Å². The largest absolute Gasteiger partial charge is 0.399 e. The van der Waals surface area contributed by atoms with Crippen LogP contribution in [0.2, 0.25) is 10.0 Å². The van der Waals surface area contributed by atoms with Crippen molar-refractivity contribution in [2.75, 3.05) is 11.1 Å². The molecule has 0 aliphatic rings. The van der Waals surface area contributed by atoms with Crippen LogP contribution in [0.5, 0.6) is 0 Å². The van der Waals surface area contributed by atoms with Crippen molar-refractivity contribution in [3.8, 4) is 0 Å². The Labute approximate surface area is 127 Å². The zero-order chi connectivity index (χ0) is 14.7. The van der Waals surface area contributed by atoms with Crippen molar-refractivity contribution in [1.82, 2.24) is 0 Å². The maximum Gasteiger partial charge on any atom is 0.231 e. The average Bonchev–Trinajstić information content (AvgIpc) is 2.42. The molecule has 0 saturated carbocycles. The minimum atomic E-state index is -0.312. The second-order valence-corrected chi connectivity index (χ2v) is 5.32. The van der Waals surface area contributed by atoms with Gasteiger partial charge in [0.05, 0.1) is 16.0 Å². The van der Waals surface area contributed by atoms with Crippen molar-refractivity contribution in [3.63, 3.8) is 0 Å². The topological polar surface area (TPSA) is 55.1 Å². The number of halogens is 2.